The maximum absolute atomic E-state index is 10.6. The van der Waals surface area contributed by atoms with Crippen LogP contribution >= 0.6 is 11.3 Å². The highest BCUT2D eigenvalue weighted by Gasteiger charge is 2.40. The Bertz CT molecular complexity index is 1120. The van der Waals surface area contributed by atoms with Gasteiger partial charge in [-0.3, -0.25) is 14.8 Å². The van der Waals surface area contributed by atoms with Crippen LogP contribution in [0.5, 0.6) is 0 Å². The second-order valence-corrected chi connectivity index (χ2v) is 10.7. The summed E-state index contributed by atoms with van der Waals surface area (Å²) in [6.07, 6.45) is -7.84. The normalized spacial score (nSPS) is 17.0. The second-order valence-electron chi connectivity index (χ2n) is 9.91. The number of rotatable bonds is 4. The Morgan fingerprint density at radius 2 is 1.11 bits per heavy atom. The van der Waals surface area contributed by atoms with Gasteiger partial charge in [-0.1, -0.05) is 6.07 Å². The lowest BCUT2D eigenvalue weighted by Gasteiger charge is -2.47. The van der Waals surface area contributed by atoms with E-state index in [0.29, 0.717) is 5.41 Å². The molecule has 2 saturated heterocycles. The standard InChI is InChI=1S/C20H27N3S.3C2HF3O2/c1-2-9-21-19(3-1)16-23-12-7-20(8-13-23)5-10-22(11-6-20)15-18-4-14-24-17-18;3*3-2(4,5)1(6)7/h1-4,9,14,17H,5-8,10-13,15-16H2;3*(H,6,7). The zero-order valence-corrected chi connectivity index (χ0v) is 24.1. The van der Waals surface area contributed by atoms with Crippen molar-refractivity contribution >= 4 is 29.2 Å². The molecule has 2 aliphatic rings. The number of aliphatic carboxylic acids is 3. The average molecular weight is 684 g/mol. The van der Waals surface area contributed by atoms with Crippen LogP contribution in [0.1, 0.15) is 36.9 Å². The SMILES string of the molecule is O=C(O)C(F)(F)F.O=C(O)C(F)(F)F.O=C(O)C(F)(F)F.c1ccc(CN2CCC3(CCN(Cc4ccsc4)CC3)CC2)nc1. The summed E-state index contributed by atoms with van der Waals surface area (Å²) in [5, 5.41) is 25.9. The summed E-state index contributed by atoms with van der Waals surface area (Å²) < 4.78 is 95.2. The topological polar surface area (TPSA) is 131 Å². The van der Waals surface area contributed by atoms with E-state index < -0.39 is 36.4 Å². The van der Waals surface area contributed by atoms with Gasteiger partial charge in [0.05, 0.1) is 5.69 Å². The lowest BCUT2D eigenvalue weighted by atomic mass is 9.71. The molecule has 0 atom stereocenters. The van der Waals surface area contributed by atoms with E-state index in [1.807, 2.05) is 23.6 Å². The molecule has 0 aromatic carbocycles. The molecular formula is C26H30F9N3O6S. The predicted molar refractivity (Wildman–Crippen MR) is 141 cm³/mol. The van der Waals surface area contributed by atoms with Crippen LogP contribution in [0.25, 0.3) is 0 Å². The van der Waals surface area contributed by atoms with E-state index >= 15 is 0 Å². The van der Waals surface area contributed by atoms with E-state index in [1.54, 1.807) is 0 Å². The summed E-state index contributed by atoms with van der Waals surface area (Å²) in [5.74, 6) is -8.27. The molecule has 4 heterocycles. The van der Waals surface area contributed by atoms with Gasteiger partial charge in [-0.15, -0.1) is 0 Å². The lowest BCUT2D eigenvalue weighted by molar-refractivity contribution is -0.193. The number of pyridine rings is 1. The first kappa shape index (κ1) is 39.6. The first-order valence-corrected chi connectivity index (χ1v) is 13.8. The number of hydrogen-bond acceptors (Lipinski definition) is 7. The molecule has 0 bridgehead atoms. The third-order valence-corrected chi connectivity index (χ3v) is 7.39. The van der Waals surface area contributed by atoms with E-state index in [-0.39, 0.29) is 0 Å². The van der Waals surface area contributed by atoms with Crippen molar-refractivity contribution in [3.63, 3.8) is 0 Å². The first-order chi connectivity index (χ1) is 20.6. The van der Waals surface area contributed by atoms with Gasteiger partial charge in [-0.05, 0) is 91.8 Å². The molecule has 0 aliphatic carbocycles. The fourth-order valence-electron chi connectivity index (χ4n) is 4.23. The molecule has 2 fully saturated rings. The number of carboxylic acids is 3. The van der Waals surface area contributed by atoms with Crippen molar-refractivity contribution in [1.82, 2.24) is 14.8 Å². The molecule has 0 amide bonds. The summed E-state index contributed by atoms with van der Waals surface area (Å²) in [5.41, 5.74) is 3.31. The molecule has 9 nitrogen and oxygen atoms in total. The van der Waals surface area contributed by atoms with Gasteiger partial charge in [0.15, 0.2) is 0 Å². The molecule has 2 aromatic heterocycles. The summed E-state index contributed by atoms with van der Waals surface area (Å²) in [4.78, 5) is 36.4. The molecule has 4 rings (SSSR count). The van der Waals surface area contributed by atoms with Gasteiger partial charge in [0.1, 0.15) is 0 Å². The van der Waals surface area contributed by atoms with E-state index in [2.05, 4.69) is 43.7 Å². The van der Waals surface area contributed by atoms with E-state index in [1.165, 1.54) is 63.1 Å². The Morgan fingerprint density at radius 1 is 0.711 bits per heavy atom. The van der Waals surface area contributed by atoms with Gasteiger partial charge in [0, 0.05) is 19.3 Å². The maximum Gasteiger partial charge on any atom is 0.490 e. The van der Waals surface area contributed by atoms with Crippen LogP contribution in [0.15, 0.2) is 41.2 Å². The maximum atomic E-state index is 10.6. The molecule has 0 unspecified atom stereocenters. The molecule has 1 spiro atoms. The van der Waals surface area contributed by atoms with Crippen molar-refractivity contribution in [2.24, 2.45) is 5.41 Å². The Hall–Kier alpha value is -3.45. The number of carboxylic acid groups (broad SMARTS) is 3. The van der Waals surface area contributed by atoms with Gasteiger partial charge in [-0.25, -0.2) is 14.4 Å². The fourth-order valence-corrected chi connectivity index (χ4v) is 4.89. The van der Waals surface area contributed by atoms with Crippen LogP contribution in [0.2, 0.25) is 0 Å². The van der Waals surface area contributed by atoms with Gasteiger partial charge >= 0.3 is 36.4 Å². The minimum Gasteiger partial charge on any atom is -0.475 e. The lowest BCUT2D eigenvalue weighted by Crippen LogP contribution is -2.46. The number of halogens is 9. The van der Waals surface area contributed by atoms with Crippen molar-refractivity contribution in [3.8, 4) is 0 Å². The van der Waals surface area contributed by atoms with Crippen molar-refractivity contribution in [2.75, 3.05) is 26.2 Å². The average Bonchev–Trinajstić information content (AvgIpc) is 3.45. The minimum atomic E-state index is -5.08. The van der Waals surface area contributed by atoms with Gasteiger partial charge in [-0.2, -0.15) is 50.9 Å². The third kappa shape index (κ3) is 15.9. The molecule has 0 radical (unpaired) electrons. The van der Waals surface area contributed by atoms with Crippen LogP contribution in [0.4, 0.5) is 39.5 Å². The number of carbonyl (C=O) groups is 3. The van der Waals surface area contributed by atoms with Crippen LogP contribution in [0.3, 0.4) is 0 Å². The molecule has 2 aromatic rings. The van der Waals surface area contributed by atoms with Crippen molar-refractivity contribution < 1.29 is 69.2 Å². The Balaban J connectivity index is 0.000000396. The van der Waals surface area contributed by atoms with Crippen LogP contribution in [-0.2, 0) is 27.5 Å². The number of piperidine rings is 2. The number of alkyl halides is 9. The van der Waals surface area contributed by atoms with Gasteiger partial charge in [0.25, 0.3) is 0 Å². The Kier molecular flexibility index (Phi) is 15.2. The van der Waals surface area contributed by atoms with Crippen LogP contribution in [-0.4, -0.2) is 92.7 Å². The highest BCUT2D eigenvalue weighted by Crippen LogP contribution is 2.41. The highest BCUT2D eigenvalue weighted by molar-refractivity contribution is 7.07. The zero-order valence-electron chi connectivity index (χ0n) is 23.3. The number of aromatic nitrogens is 1. The highest BCUT2D eigenvalue weighted by atomic mass is 32.1. The van der Waals surface area contributed by atoms with Crippen LogP contribution < -0.4 is 0 Å². The van der Waals surface area contributed by atoms with Crippen molar-refractivity contribution in [3.05, 3.63) is 52.5 Å². The van der Waals surface area contributed by atoms with Gasteiger partial charge < -0.3 is 15.3 Å². The largest absolute Gasteiger partial charge is 0.490 e. The summed E-state index contributed by atoms with van der Waals surface area (Å²) in [7, 11) is 0. The Morgan fingerprint density at radius 3 is 1.42 bits per heavy atom. The van der Waals surface area contributed by atoms with E-state index in [4.69, 9.17) is 29.7 Å². The summed E-state index contributed by atoms with van der Waals surface area (Å²) in [6.45, 7) is 7.18. The Labute approximate surface area is 254 Å². The monoisotopic (exact) mass is 683 g/mol. The van der Waals surface area contributed by atoms with E-state index in [0.717, 1.165) is 13.1 Å². The second kappa shape index (κ2) is 17.3. The summed E-state index contributed by atoms with van der Waals surface area (Å²) >= 11 is 1.81. The van der Waals surface area contributed by atoms with Gasteiger partial charge in [0.2, 0.25) is 0 Å². The molecule has 45 heavy (non-hydrogen) atoms. The number of likely N-dealkylation sites (tertiary alicyclic amines) is 2. The summed E-state index contributed by atoms with van der Waals surface area (Å²) in [6, 6.07) is 8.51. The number of nitrogens with zero attached hydrogens (tertiary/aromatic N) is 3. The third-order valence-electron chi connectivity index (χ3n) is 6.66. The number of thiophene rings is 1. The van der Waals surface area contributed by atoms with Crippen molar-refractivity contribution in [2.45, 2.75) is 57.3 Å². The smallest absolute Gasteiger partial charge is 0.475 e. The molecule has 2 aliphatic heterocycles. The molecule has 19 heteroatoms. The van der Waals surface area contributed by atoms with E-state index in [9.17, 15) is 39.5 Å². The fraction of sp³-hybridized carbons (Fsp3) is 0.538. The van der Waals surface area contributed by atoms with Crippen LogP contribution in [0, 0.1) is 5.41 Å². The molecule has 0 saturated carbocycles. The minimum absolute atomic E-state index is 0.617. The molecule has 254 valence electrons. The zero-order chi connectivity index (χ0) is 34.5. The molecular weight excluding hydrogens is 653 g/mol. The molecule has 3 N–H and O–H groups in total. The quantitative estimate of drug-likeness (QED) is 0.336. The van der Waals surface area contributed by atoms with Crippen molar-refractivity contribution in [1.29, 1.82) is 0 Å². The predicted octanol–water partition coefficient (Wildman–Crippen LogP) is 5.92. The number of hydrogen-bond donors (Lipinski definition) is 3. The first-order valence-electron chi connectivity index (χ1n) is 12.9.